The minimum Gasteiger partial charge on any atom is -0.454 e. The zero-order valence-corrected chi connectivity index (χ0v) is 12.5. The standard InChI is InChI=1S/C15H18N2O2S/c1-3-11(8-20-2)17-15-12-7-14-13(18-9-19-14)6-10(12)4-5-16-15/h4-7,11H,3,8-9H2,1-2H3,(H,16,17). The average Bonchev–Trinajstić information content (AvgIpc) is 2.92. The number of rotatable bonds is 5. The number of hydrogen-bond donors (Lipinski definition) is 1. The number of aromatic nitrogens is 1. The van der Waals surface area contributed by atoms with Crippen LogP contribution in [0.15, 0.2) is 24.4 Å². The number of fused-ring (bicyclic) bond motifs is 2. The molecule has 20 heavy (non-hydrogen) atoms. The summed E-state index contributed by atoms with van der Waals surface area (Å²) in [5, 5.41) is 5.73. The Balaban J connectivity index is 1.98. The molecule has 1 N–H and O–H groups in total. The van der Waals surface area contributed by atoms with Gasteiger partial charge in [0.2, 0.25) is 6.79 Å². The van der Waals surface area contributed by atoms with Gasteiger partial charge in [-0.3, -0.25) is 0 Å². The number of pyridine rings is 1. The van der Waals surface area contributed by atoms with Gasteiger partial charge in [-0.15, -0.1) is 0 Å². The zero-order chi connectivity index (χ0) is 13.9. The van der Waals surface area contributed by atoms with Crippen molar-refractivity contribution in [3.05, 3.63) is 24.4 Å². The fraction of sp³-hybridized carbons (Fsp3) is 0.400. The highest BCUT2D eigenvalue weighted by molar-refractivity contribution is 7.98. The Morgan fingerprint density at radius 1 is 1.35 bits per heavy atom. The predicted octanol–water partition coefficient (Wildman–Crippen LogP) is 3.52. The molecule has 1 aliphatic heterocycles. The van der Waals surface area contributed by atoms with Crippen LogP contribution in [0.3, 0.4) is 0 Å². The van der Waals surface area contributed by atoms with Crippen molar-refractivity contribution in [2.75, 3.05) is 24.1 Å². The second-order valence-corrected chi connectivity index (χ2v) is 5.70. The van der Waals surface area contributed by atoms with Crippen LogP contribution in [0.5, 0.6) is 11.5 Å². The van der Waals surface area contributed by atoms with Gasteiger partial charge in [0.05, 0.1) is 0 Å². The van der Waals surface area contributed by atoms with E-state index in [0.717, 1.165) is 40.3 Å². The van der Waals surface area contributed by atoms with Crippen LogP contribution in [0.2, 0.25) is 0 Å². The molecular formula is C15H18N2O2S. The number of hydrogen-bond acceptors (Lipinski definition) is 5. The molecule has 0 aliphatic carbocycles. The van der Waals surface area contributed by atoms with E-state index in [1.165, 1.54) is 0 Å². The van der Waals surface area contributed by atoms with Crippen LogP contribution in [0.25, 0.3) is 10.8 Å². The number of benzene rings is 1. The summed E-state index contributed by atoms with van der Waals surface area (Å²) in [6.45, 7) is 2.49. The number of nitrogens with zero attached hydrogens (tertiary/aromatic N) is 1. The Kier molecular flexibility index (Phi) is 3.87. The van der Waals surface area contributed by atoms with Crippen molar-refractivity contribution in [1.29, 1.82) is 0 Å². The van der Waals surface area contributed by atoms with E-state index in [-0.39, 0.29) is 0 Å². The molecule has 4 nitrogen and oxygen atoms in total. The van der Waals surface area contributed by atoms with E-state index >= 15 is 0 Å². The van der Waals surface area contributed by atoms with Crippen molar-refractivity contribution in [3.63, 3.8) is 0 Å². The van der Waals surface area contributed by atoms with Crippen LogP contribution in [-0.4, -0.2) is 29.8 Å². The van der Waals surface area contributed by atoms with Crippen molar-refractivity contribution in [1.82, 2.24) is 4.98 Å². The van der Waals surface area contributed by atoms with Crippen molar-refractivity contribution in [2.45, 2.75) is 19.4 Å². The lowest BCUT2D eigenvalue weighted by Gasteiger charge is -2.17. The molecule has 0 radical (unpaired) electrons. The first-order chi connectivity index (χ1) is 9.81. The number of thioether (sulfide) groups is 1. The minimum atomic E-state index is 0.298. The molecule has 1 unspecified atom stereocenters. The average molecular weight is 290 g/mol. The van der Waals surface area contributed by atoms with E-state index in [9.17, 15) is 0 Å². The Hall–Kier alpha value is -1.62. The lowest BCUT2D eigenvalue weighted by molar-refractivity contribution is 0.174. The molecule has 0 bridgehead atoms. The summed E-state index contributed by atoms with van der Waals surface area (Å²) in [6.07, 6.45) is 5.03. The normalized spacial score (nSPS) is 14.5. The first-order valence-corrected chi connectivity index (χ1v) is 8.15. The molecule has 1 atom stereocenters. The molecule has 0 fully saturated rings. The van der Waals surface area contributed by atoms with Gasteiger partial charge in [-0.25, -0.2) is 4.98 Å². The third kappa shape index (κ3) is 2.50. The summed E-state index contributed by atoms with van der Waals surface area (Å²) < 4.78 is 10.9. The van der Waals surface area contributed by atoms with Crippen LogP contribution in [0.4, 0.5) is 5.82 Å². The maximum Gasteiger partial charge on any atom is 0.231 e. The summed E-state index contributed by atoms with van der Waals surface area (Å²) in [5.74, 6) is 3.60. The second-order valence-electron chi connectivity index (χ2n) is 4.79. The van der Waals surface area contributed by atoms with E-state index in [1.54, 1.807) is 0 Å². The van der Waals surface area contributed by atoms with E-state index in [1.807, 2.05) is 36.2 Å². The Morgan fingerprint density at radius 3 is 2.90 bits per heavy atom. The van der Waals surface area contributed by atoms with Crippen LogP contribution < -0.4 is 14.8 Å². The number of nitrogens with one attached hydrogen (secondary N) is 1. The predicted molar refractivity (Wildman–Crippen MR) is 83.9 cm³/mol. The molecule has 0 spiro atoms. The monoisotopic (exact) mass is 290 g/mol. The fourth-order valence-electron chi connectivity index (χ4n) is 2.33. The summed E-state index contributed by atoms with van der Waals surface area (Å²) in [4.78, 5) is 4.49. The van der Waals surface area contributed by atoms with Crippen LogP contribution in [-0.2, 0) is 0 Å². The fourth-order valence-corrected chi connectivity index (χ4v) is 3.05. The lowest BCUT2D eigenvalue weighted by Crippen LogP contribution is -2.21. The van der Waals surface area contributed by atoms with Gasteiger partial charge in [-0.05, 0) is 36.3 Å². The highest BCUT2D eigenvalue weighted by Gasteiger charge is 2.16. The molecule has 1 aromatic heterocycles. The number of ether oxygens (including phenoxy) is 2. The molecule has 106 valence electrons. The topological polar surface area (TPSA) is 43.4 Å². The molecule has 0 amide bonds. The van der Waals surface area contributed by atoms with Crippen LogP contribution >= 0.6 is 11.8 Å². The largest absolute Gasteiger partial charge is 0.454 e. The Morgan fingerprint density at radius 2 is 2.15 bits per heavy atom. The smallest absolute Gasteiger partial charge is 0.231 e. The van der Waals surface area contributed by atoms with Gasteiger partial charge >= 0.3 is 0 Å². The van der Waals surface area contributed by atoms with Crippen LogP contribution in [0, 0.1) is 0 Å². The summed E-state index contributed by atoms with van der Waals surface area (Å²) >= 11 is 1.84. The van der Waals surface area contributed by atoms with Crippen LogP contribution in [0.1, 0.15) is 13.3 Å². The molecule has 5 heteroatoms. The van der Waals surface area contributed by atoms with Gasteiger partial charge in [0.15, 0.2) is 11.5 Å². The first kappa shape index (κ1) is 13.4. The molecule has 0 saturated heterocycles. The summed E-state index contributed by atoms with van der Waals surface area (Å²) in [5.41, 5.74) is 0. The molecular weight excluding hydrogens is 272 g/mol. The van der Waals surface area contributed by atoms with Gasteiger partial charge in [0.1, 0.15) is 5.82 Å². The van der Waals surface area contributed by atoms with Gasteiger partial charge < -0.3 is 14.8 Å². The Bertz CT molecular complexity index is 618. The Labute approximate surface area is 122 Å². The molecule has 2 aromatic rings. The summed E-state index contributed by atoms with van der Waals surface area (Å²) in [6, 6.07) is 6.45. The van der Waals surface area contributed by atoms with E-state index < -0.39 is 0 Å². The second kappa shape index (κ2) is 5.79. The maximum atomic E-state index is 5.46. The molecule has 1 aliphatic rings. The molecule has 3 rings (SSSR count). The first-order valence-electron chi connectivity index (χ1n) is 6.75. The number of anilines is 1. The van der Waals surface area contributed by atoms with E-state index in [2.05, 4.69) is 23.5 Å². The minimum absolute atomic E-state index is 0.298. The van der Waals surface area contributed by atoms with Gasteiger partial charge in [-0.1, -0.05) is 6.92 Å². The zero-order valence-electron chi connectivity index (χ0n) is 11.7. The maximum absolute atomic E-state index is 5.46. The van der Waals surface area contributed by atoms with Crippen molar-refractivity contribution in [3.8, 4) is 11.5 Å². The quantitative estimate of drug-likeness (QED) is 0.912. The third-order valence-corrected chi connectivity index (χ3v) is 4.19. The highest BCUT2D eigenvalue weighted by Crippen LogP contribution is 2.37. The van der Waals surface area contributed by atoms with Crippen molar-refractivity contribution < 1.29 is 9.47 Å². The van der Waals surface area contributed by atoms with Crippen molar-refractivity contribution >= 4 is 28.4 Å². The lowest BCUT2D eigenvalue weighted by atomic mass is 10.1. The van der Waals surface area contributed by atoms with Gasteiger partial charge in [0, 0.05) is 23.4 Å². The SMILES string of the molecule is CCC(CSC)Nc1nccc2cc3c(cc12)OCO3. The third-order valence-electron chi connectivity index (χ3n) is 3.46. The van der Waals surface area contributed by atoms with Crippen molar-refractivity contribution in [2.24, 2.45) is 0 Å². The van der Waals surface area contributed by atoms with Gasteiger partial charge in [-0.2, -0.15) is 11.8 Å². The van der Waals surface area contributed by atoms with E-state index in [4.69, 9.17) is 9.47 Å². The van der Waals surface area contributed by atoms with E-state index in [0.29, 0.717) is 12.8 Å². The molecule has 1 aromatic carbocycles. The molecule has 0 saturated carbocycles. The molecule has 2 heterocycles. The highest BCUT2D eigenvalue weighted by atomic mass is 32.2. The van der Waals surface area contributed by atoms with Gasteiger partial charge in [0.25, 0.3) is 0 Å². The summed E-state index contributed by atoms with van der Waals surface area (Å²) in [7, 11) is 0.